The van der Waals surface area contributed by atoms with Crippen LogP contribution in [0.2, 0.25) is 0 Å². The van der Waals surface area contributed by atoms with Crippen LogP contribution in [-0.2, 0) is 6.61 Å². The van der Waals surface area contributed by atoms with Crippen molar-refractivity contribution in [3.8, 4) is 16.3 Å². The normalized spacial score (nSPS) is 10.9. The van der Waals surface area contributed by atoms with Crippen LogP contribution in [0.1, 0.15) is 26.5 Å². The first kappa shape index (κ1) is 21.4. The average molecular weight is 446 g/mol. The maximum Gasteiger partial charge on any atom is 0.283 e. The molecule has 7 heteroatoms. The summed E-state index contributed by atoms with van der Waals surface area (Å²) in [5, 5.41) is 4.86. The number of nitrogens with zero attached hydrogens (tertiary/aromatic N) is 2. The summed E-state index contributed by atoms with van der Waals surface area (Å²) < 4.78 is 19.6. The summed E-state index contributed by atoms with van der Waals surface area (Å²) in [4.78, 5) is 17.6. The Morgan fingerprint density at radius 2 is 1.78 bits per heavy atom. The van der Waals surface area contributed by atoms with Crippen molar-refractivity contribution in [2.75, 3.05) is 0 Å². The second kappa shape index (κ2) is 9.98. The first-order chi connectivity index (χ1) is 15.6. The Labute approximate surface area is 189 Å². The minimum Gasteiger partial charge on any atom is -0.488 e. The highest BCUT2D eigenvalue weighted by molar-refractivity contribution is 7.17. The van der Waals surface area contributed by atoms with Gasteiger partial charge in [0.05, 0.1) is 11.9 Å². The zero-order valence-corrected chi connectivity index (χ0v) is 18.1. The SMILES string of the molecule is Cc1nc(-c2ccccc2)sc1C(=O)N/N=C/c1ccccc1OCc1ccccc1F. The third-order valence-electron chi connectivity index (χ3n) is 4.65. The predicted molar refractivity (Wildman–Crippen MR) is 125 cm³/mol. The highest BCUT2D eigenvalue weighted by Crippen LogP contribution is 2.27. The number of benzene rings is 3. The standard InChI is InChI=1S/C25H20FN3O2S/c1-17-23(32-25(28-17)18-9-3-2-4-10-18)24(30)29-27-15-19-11-6-8-14-22(19)31-16-20-12-5-7-13-21(20)26/h2-15H,16H2,1H3,(H,29,30)/b27-15+. The van der Waals surface area contributed by atoms with E-state index in [1.165, 1.54) is 23.6 Å². The number of hydrazone groups is 1. The molecule has 32 heavy (non-hydrogen) atoms. The zero-order chi connectivity index (χ0) is 22.3. The van der Waals surface area contributed by atoms with Gasteiger partial charge in [-0.05, 0) is 25.1 Å². The molecule has 3 aromatic carbocycles. The van der Waals surface area contributed by atoms with E-state index in [0.717, 1.165) is 10.6 Å². The molecule has 1 N–H and O–H groups in total. The second-order valence-electron chi connectivity index (χ2n) is 6.92. The first-order valence-electron chi connectivity index (χ1n) is 9.93. The fourth-order valence-corrected chi connectivity index (χ4v) is 3.97. The monoisotopic (exact) mass is 445 g/mol. The molecule has 0 fully saturated rings. The minimum atomic E-state index is -0.330. The van der Waals surface area contributed by atoms with E-state index in [4.69, 9.17) is 4.74 Å². The second-order valence-corrected chi connectivity index (χ2v) is 7.92. The molecule has 0 bridgehead atoms. The number of aryl methyl sites for hydroxylation is 1. The number of aromatic nitrogens is 1. The molecule has 0 aliphatic heterocycles. The van der Waals surface area contributed by atoms with Crippen LogP contribution < -0.4 is 10.2 Å². The highest BCUT2D eigenvalue weighted by Gasteiger charge is 2.15. The lowest BCUT2D eigenvalue weighted by molar-refractivity contribution is 0.0958. The summed E-state index contributed by atoms with van der Waals surface area (Å²) in [6.45, 7) is 1.89. The van der Waals surface area contributed by atoms with E-state index < -0.39 is 0 Å². The number of amides is 1. The van der Waals surface area contributed by atoms with Crippen molar-refractivity contribution in [2.45, 2.75) is 13.5 Å². The van der Waals surface area contributed by atoms with Gasteiger partial charge < -0.3 is 4.74 Å². The Morgan fingerprint density at radius 1 is 1.06 bits per heavy atom. The van der Waals surface area contributed by atoms with Crippen LogP contribution in [-0.4, -0.2) is 17.1 Å². The van der Waals surface area contributed by atoms with E-state index in [0.29, 0.717) is 27.4 Å². The number of para-hydroxylation sites is 1. The van der Waals surface area contributed by atoms with Gasteiger partial charge in [-0.25, -0.2) is 14.8 Å². The molecular formula is C25H20FN3O2S. The van der Waals surface area contributed by atoms with Gasteiger partial charge in [-0.3, -0.25) is 4.79 Å². The third kappa shape index (κ3) is 5.07. The summed E-state index contributed by atoms with van der Waals surface area (Å²) >= 11 is 1.32. The van der Waals surface area contributed by atoms with Gasteiger partial charge in [-0.1, -0.05) is 60.7 Å². The van der Waals surface area contributed by atoms with Gasteiger partial charge in [0.2, 0.25) is 0 Å². The van der Waals surface area contributed by atoms with Crippen LogP contribution in [0.4, 0.5) is 4.39 Å². The molecule has 0 spiro atoms. The van der Waals surface area contributed by atoms with Gasteiger partial charge in [0.1, 0.15) is 28.1 Å². The Morgan fingerprint density at radius 3 is 2.59 bits per heavy atom. The number of hydrogen-bond acceptors (Lipinski definition) is 5. The molecule has 0 aliphatic rings. The lowest BCUT2D eigenvalue weighted by Crippen LogP contribution is -2.17. The van der Waals surface area contributed by atoms with Gasteiger partial charge in [0.25, 0.3) is 5.91 Å². The van der Waals surface area contributed by atoms with E-state index in [2.05, 4.69) is 15.5 Å². The smallest absolute Gasteiger partial charge is 0.283 e. The number of thiazole rings is 1. The summed E-state index contributed by atoms with van der Waals surface area (Å²) in [7, 11) is 0. The fraction of sp³-hybridized carbons (Fsp3) is 0.0800. The van der Waals surface area contributed by atoms with Gasteiger partial charge >= 0.3 is 0 Å². The molecule has 0 unspecified atom stereocenters. The molecule has 5 nitrogen and oxygen atoms in total. The van der Waals surface area contributed by atoms with Gasteiger partial charge in [-0.15, -0.1) is 11.3 Å². The molecule has 1 amide bonds. The van der Waals surface area contributed by atoms with Crippen molar-refractivity contribution >= 4 is 23.5 Å². The van der Waals surface area contributed by atoms with Gasteiger partial charge in [0.15, 0.2) is 0 Å². The molecule has 160 valence electrons. The highest BCUT2D eigenvalue weighted by atomic mass is 32.1. The number of carbonyl (C=O) groups is 1. The van der Waals surface area contributed by atoms with Crippen molar-refractivity contribution in [1.29, 1.82) is 0 Å². The van der Waals surface area contributed by atoms with Crippen LogP contribution in [0.5, 0.6) is 5.75 Å². The fourth-order valence-electron chi connectivity index (χ4n) is 3.01. The molecule has 1 heterocycles. The number of hydrogen-bond donors (Lipinski definition) is 1. The third-order valence-corrected chi connectivity index (χ3v) is 5.86. The van der Waals surface area contributed by atoms with E-state index in [1.807, 2.05) is 42.5 Å². The number of nitrogens with one attached hydrogen (secondary N) is 1. The molecule has 1 aromatic heterocycles. The Hall–Kier alpha value is -3.84. The van der Waals surface area contributed by atoms with Crippen LogP contribution in [0.25, 0.3) is 10.6 Å². The molecular weight excluding hydrogens is 425 g/mol. The summed E-state index contributed by atoms with van der Waals surface area (Å²) in [5.74, 6) is -0.113. The van der Waals surface area contributed by atoms with E-state index in [-0.39, 0.29) is 18.3 Å². The Balaban J connectivity index is 1.43. The number of rotatable bonds is 7. The lowest BCUT2D eigenvalue weighted by Gasteiger charge is -2.09. The Kier molecular flexibility index (Phi) is 6.67. The molecule has 0 radical (unpaired) electrons. The summed E-state index contributed by atoms with van der Waals surface area (Å²) in [6.07, 6.45) is 1.50. The van der Waals surface area contributed by atoms with E-state index in [1.54, 1.807) is 37.3 Å². The van der Waals surface area contributed by atoms with Crippen molar-refractivity contribution in [1.82, 2.24) is 10.4 Å². The maximum absolute atomic E-state index is 13.8. The minimum absolute atomic E-state index is 0.0895. The summed E-state index contributed by atoms with van der Waals surface area (Å²) in [5.41, 5.74) is 5.28. The zero-order valence-electron chi connectivity index (χ0n) is 17.3. The summed E-state index contributed by atoms with van der Waals surface area (Å²) in [6, 6.07) is 23.4. The molecule has 0 saturated heterocycles. The quantitative estimate of drug-likeness (QED) is 0.297. The number of carbonyl (C=O) groups excluding carboxylic acids is 1. The molecule has 4 aromatic rings. The maximum atomic E-state index is 13.8. The van der Waals surface area contributed by atoms with Crippen molar-refractivity contribution < 1.29 is 13.9 Å². The lowest BCUT2D eigenvalue weighted by atomic mass is 10.2. The number of halogens is 1. The number of ether oxygens (including phenoxy) is 1. The Bertz CT molecular complexity index is 1260. The van der Waals surface area contributed by atoms with E-state index >= 15 is 0 Å². The topological polar surface area (TPSA) is 63.6 Å². The van der Waals surface area contributed by atoms with Gasteiger partial charge in [-0.2, -0.15) is 5.10 Å². The average Bonchev–Trinajstić information content (AvgIpc) is 3.21. The van der Waals surface area contributed by atoms with Crippen LogP contribution >= 0.6 is 11.3 Å². The largest absolute Gasteiger partial charge is 0.488 e. The van der Waals surface area contributed by atoms with Crippen LogP contribution in [0.15, 0.2) is 84.0 Å². The predicted octanol–water partition coefficient (Wildman–Crippen LogP) is 5.60. The van der Waals surface area contributed by atoms with Crippen molar-refractivity contribution in [2.24, 2.45) is 5.10 Å². The molecule has 0 atom stereocenters. The van der Waals surface area contributed by atoms with Crippen LogP contribution in [0, 0.1) is 12.7 Å². The van der Waals surface area contributed by atoms with Crippen molar-refractivity contribution in [3.05, 3.63) is 106 Å². The molecule has 0 aliphatic carbocycles. The first-order valence-corrected chi connectivity index (χ1v) is 10.7. The van der Waals surface area contributed by atoms with Gasteiger partial charge in [0, 0.05) is 16.7 Å². The van der Waals surface area contributed by atoms with E-state index in [9.17, 15) is 9.18 Å². The van der Waals surface area contributed by atoms with Crippen molar-refractivity contribution in [3.63, 3.8) is 0 Å². The van der Waals surface area contributed by atoms with Crippen LogP contribution in [0.3, 0.4) is 0 Å². The molecule has 4 rings (SSSR count). The molecule has 0 saturated carbocycles.